The molecule has 19 heavy (non-hydrogen) atoms. The lowest BCUT2D eigenvalue weighted by Crippen LogP contribution is -2.36. The van der Waals surface area contributed by atoms with Crippen molar-refractivity contribution in [3.8, 4) is 0 Å². The lowest BCUT2D eigenvalue weighted by Gasteiger charge is -2.20. The van der Waals surface area contributed by atoms with Crippen LogP contribution in [0.3, 0.4) is 0 Å². The molecule has 0 aromatic heterocycles. The SMILES string of the molecule is CCN(CC(=O)OC)S(=O)(=O)c1ccc(C)cc1Br. The highest BCUT2D eigenvalue weighted by Gasteiger charge is 2.27. The van der Waals surface area contributed by atoms with Crippen molar-refractivity contribution in [2.24, 2.45) is 0 Å². The van der Waals surface area contributed by atoms with Crippen LogP contribution in [0.5, 0.6) is 0 Å². The Hall–Kier alpha value is -0.920. The second-order valence-corrected chi connectivity index (χ2v) is 6.70. The Balaban J connectivity index is 3.17. The molecule has 0 heterocycles. The molecule has 1 rings (SSSR count). The molecule has 1 aromatic carbocycles. The third kappa shape index (κ3) is 3.77. The van der Waals surface area contributed by atoms with E-state index in [0.717, 1.165) is 9.87 Å². The van der Waals surface area contributed by atoms with E-state index in [-0.39, 0.29) is 18.0 Å². The maximum Gasteiger partial charge on any atom is 0.321 e. The summed E-state index contributed by atoms with van der Waals surface area (Å²) in [5, 5.41) is 0. The highest BCUT2D eigenvalue weighted by molar-refractivity contribution is 9.10. The Bertz CT molecular complexity index is 571. The number of ether oxygens (including phenoxy) is 1. The minimum absolute atomic E-state index is 0.142. The fraction of sp³-hybridized carbons (Fsp3) is 0.417. The van der Waals surface area contributed by atoms with Gasteiger partial charge in [-0.1, -0.05) is 13.0 Å². The number of esters is 1. The second kappa shape index (κ2) is 6.49. The van der Waals surface area contributed by atoms with E-state index in [1.165, 1.54) is 13.2 Å². The lowest BCUT2D eigenvalue weighted by atomic mass is 10.2. The third-order valence-electron chi connectivity index (χ3n) is 2.59. The molecule has 0 aliphatic carbocycles. The first-order valence-corrected chi connectivity index (χ1v) is 7.89. The second-order valence-electron chi connectivity index (χ2n) is 3.94. The van der Waals surface area contributed by atoms with Crippen molar-refractivity contribution in [2.75, 3.05) is 20.2 Å². The Morgan fingerprint density at radius 3 is 2.53 bits per heavy atom. The van der Waals surface area contributed by atoms with Crippen molar-refractivity contribution in [2.45, 2.75) is 18.7 Å². The molecule has 0 saturated heterocycles. The molecular weight excluding hydrogens is 334 g/mol. The van der Waals surface area contributed by atoms with E-state index in [0.29, 0.717) is 4.47 Å². The van der Waals surface area contributed by atoms with E-state index in [4.69, 9.17) is 0 Å². The van der Waals surface area contributed by atoms with E-state index in [2.05, 4.69) is 20.7 Å². The zero-order valence-electron chi connectivity index (χ0n) is 11.0. The maximum atomic E-state index is 12.4. The number of nitrogens with zero attached hydrogens (tertiary/aromatic N) is 1. The maximum absolute atomic E-state index is 12.4. The molecule has 0 spiro atoms. The van der Waals surface area contributed by atoms with Gasteiger partial charge in [0.15, 0.2) is 0 Å². The molecule has 0 radical (unpaired) electrons. The van der Waals surface area contributed by atoms with Crippen molar-refractivity contribution < 1.29 is 17.9 Å². The van der Waals surface area contributed by atoms with Crippen LogP contribution in [0.2, 0.25) is 0 Å². The zero-order chi connectivity index (χ0) is 14.6. The molecule has 7 heteroatoms. The number of hydrogen-bond donors (Lipinski definition) is 0. The Morgan fingerprint density at radius 1 is 1.42 bits per heavy atom. The van der Waals surface area contributed by atoms with E-state index in [9.17, 15) is 13.2 Å². The van der Waals surface area contributed by atoms with Gasteiger partial charge in [-0.15, -0.1) is 0 Å². The van der Waals surface area contributed by atoms with E-state index in [1.807, 2.05) is 6.92 Å². The van der Waals surface area contributed by atoms with Crippen molar-refractivity contribution in [3.05, 3.63) is 28.2 Å². The first-order valence-electron chi connectivity index (χ1n) is 5.66. The Kier molecular flexibility index (Phi) is 5.51. The van der Waals surface area contributed by atoms with Crippen LogP contribution in [0.15, 0.2) is 27.6 Å². The van der Waals surface area contributed by atoms with Gasteiger partial charge in [-0.05, 0) is 40.5 Å². The molecular formula is C12H16BrNO4S. The number of rotatable bonds is 5. The van der Waals surface area contributed by atoms with Crippen LogP contribution < -0.4 is 0 Å². The molecule has 0 aliphatic heterocycles. The predicted molar refractivity (Wildman–Crippen MR) is 75.3 cm³/mol. The normalized spacial score (nSPS) is 11.6. The van der Waals surface area contributed by atoms with Gasteiger partial charge < -0.3 is 4.74 Å². The Morgan fingerprint density at radius 2 is 2.05 bits per heavy atom. The summed E-state index contributed by atoms with van der Waals surface area (Å²) in [6, 6.07) is 4.96. The van der Waals surface area contributed by atoms with Gasteiger partial charge in [0, 0.05) is 11.0 Å². The smallest absolute Gasteiger partial charge is 0.321 e. The number of hydrogen-bond acceptors (Lipinski definition) is 4. The minimum Gasteiger partial charge on any atom is -0.468 e. The monoisotopic (exact) mass is 349 g/mol. The average Bonchev–Trinajstić information content (AvgIpc) is 2.34. The molecule has 5 nitrogen and oxygen atoms in total. The number of likely N-dealkylation sites (N-methyl/N-ethyl adjacent to an activating group) is 1. The number of aryl methyl sites for hydroxylation is 1. The summed E-state index contributed by atoms with van der Waals surface area (Å²) < 4.78 is 30.9. The van der Waals surface area contributed by atoms with Crippen molar-refractivity contribution in [1.29, 1.82) is 0 Å². The van der Waals surface area contributed by atoms with Gasteiger partial charge in [-0.3, -0.25) is 4.79 Å². The van der Waals surface area contributed by atoms with E-state index >= 15 is 0 Å². The van der Waals surface area contributed by atoms with Crippen LogP contribution in [0, 0.1) is 6.92 Å². The fourth-order valence-corrected chi connectivity index (χ4v) is 4.08. The number of carbonyl (C=O) groups is 1. The molecule has 1 aromatic rings. The first-order chi connectivity index (χ1) is 8.82. The van der Waals surface area contributed by atoms with E-state index < -0.39 is 16.0 Å². The zero-order valence-corrected chi connectivity index (χ0v) is 13.4. The topological polar surface area (TPSA) is 63.7 Å². The number of halogens is 1. The summed E-state index contributed by atoms with van der Waals surface area (Å²) in [4.78, 5) is 11.4. The van der Waals surface area contributed by atoms with Crippen molar-refractivity contribution in [1.82, 2.24) is 4.31 Å². The van der Waals surface area contributed by atoms with Crippen LogP contribution in [0.25, 0.3) is 0 Å². The van der Waals surface area contributed by atoms with Crippen LogP contribution in [-0.2, 0) is 19.6 Å². The number of carbonyl (C=O) groups excluding carboxylic acids is 1. The molecule has 0 bridgehead atoms. The molecule has 0 fully saturated rings. The number of sulfonamides is 1. The molecule has 0 saturated carbocycles. The summed E-state index contributed by atoms with van der Waals surface area (Å²) in [6.07, 6.45) is 0. The van der Waals surface area contributed by atoms with Crippen LogP contribution in [0.1, 0.15) is 12.5 Å². The fourth-order valence-electron chi connectivity index (χ4n) is 1.53. The quantitative estimate of drug-likeness (QED) is 0.762. The van der Waals surface area contributed by atoms with Crippen LogP contribution in [-0.4, -0.2) is 38.9 Å². The van der Waals surface area contributed by atoms with Crippen molar-refractivity contribution in [3.63, 3.8) is 0 Å². The number of methoxy groups -OCH3 is 1. The van der Waals surface area contributed by atoms with Crippen LogP contribution in [0.4, 0.5) is 0 Å². The van der Waals surface area contributed by atoms with E-state index in [1.54, 1.807) is 19.1 Å². The Labute approximate surface area is 121 Å². The molecule has 0 amide bonds. The highest BCUT2D eigenvalue weighted by Crippen LogP contribution is 2.25. The predicted octanol–water partition coefficient (Wildman–Crippen LogP) is 1.94. The summed E-state index contributed by atoms with van der Waals surface area (Å²) in [7, 11) is -2.49. The standard InChI is InChI=1S/C12H16BrNO4S/c1-4-14(8-12(15)18-3)19(16,17)11-6-5-9(2)7-10(11)13/h5-7H,4,8H2,1-3H3. The van der Waals surface area contributed by atoms with Gasteiger partial charge in [0.2, 0.25) is 10.0 Å². The van der Waals surface area contributed by atoms with Crippen LogP contribution >= 0.6 is 15.9 Å². The summed E-state index contributed by atoms with van der Waals surface area (Å²) in [5.41, 5.74) is 0.946. The first kappa shape index (κ1) is 16.1. The van der Waals surface area contributed by atoms with Gasteiger partial charge >= 0.3 is 5.97 Å². The molecule has 0 aliphatic rings. The largest absolute Gasteiger partial charge is 0.468 e. The molecule has 0 N–H and O–H groups in total. The van der Waals surface area contributed by atoms with Gasteiger partial charge in [0.1, 0.15) is 6.54 Å². The average molecular weight is 350 g/mol. The van der Waals surface area contributed by atoms with Crippen molar-refractivity contribution >= 4 is 31.9 Å². The molecule has 0 unspecified atom stereocenters. The minimum atomic E-state index is -3.72. The summed E-state index contributed by atoms with van der Waals surface area (Å²) in [5.74, 6) is -0.589. The van der Waals surface area contributed by atoms with Gasteiger partial charge in [-0.25, -0.2) is 8.42 Å². The lowest BCUT2D eigenvalue weighted by molar-refractivity contribution is -0.140. The third-order valence-corrected chi connectivity index (χ3v) is 5.49. The van der Waals surface area contributed by atoms with Gasteiger partial charge in [0.25, 0.3) is 0 Å². The summed E-state index contributed by atoms with van der Waals surface area (Å²) in [6.45, 7) is 3.43. The molecule has 0 atom stereocenters. The summed E-state index contributed by atoms with van der Waals surface area (Å²) >= 11 is 3.24. The van der Waals surface area contributed by atoms with Gasteiger partial charge in [-0.2, -0.15) is 4.31 Å². The molecule has 106 valence electrons. The van der Waals surface area contributed by atoms with Gasteiger partial charge in [0.05, 0.1) is 12.0 Å². The number of benzene rings is 1. The highest BCUT2D eigenvalue weighted by atomic mass is 79.9.